The van der Waals surface area contributed by atoms with Gasteiger partial charge in [-0.1, -0.05) is 38.1 Å². The Bertz CT molecular complexity index is 851. The highest BCUT2D eigenvalue weighted by Crippen LogP contribution is 2.27. The average molecular weight is 394 g/mol. The first-order chi connectivity index (χ1) is 13.1. The van der Waals surface area contributed by atoms with E-state index in [-0.39, 0.29) is 17.3 Å². The standard InChI is InChI=1S/C20H21F3N2O3/c1-12(2)16-9-4-5-10-17(16)28-13(3)18(26)24-14-7-6-8-15(11-14)25-19(27)20(21,22)23/h4-13H,1-3H3,(H,24,26)(H,25,27). The van der Waals surface area contributed by atoms with Crippen LogP contribution in [0, 0.1) is 0 Å². The normalized spacial score (nSPS) is 12.4. The molecular formula is C20H21F3N2O3. The monoisotopic (exact) mass is 394 g/mol. The van der Waals surface area contributed by atoms with E-state index in [0.717, 1.165) is 5.56 Å². The fourth-order valence-electron chi connectivity index (χ4n) is 2.43. The van der Waals surface area contributed by atoms with Crippen LogP contribution in [0.1, 0.15) is 32.3 Å². The summed E-state index contributed by atoms with van der Waals surface area (Å²) in [6, 6.07) is 12.8. The Morgan fingerprint density at radius 3 is 2.14 bits per heavy atom. The third-order valence-electron chi connectivity index (χ3n) is 3.86. The number of anilines is 2. The topological polar surface area (TPSA) is 67.4 Å². The number of rotatable bonds is 6. The Morgan fingerprint density at radius 1 is 0.929 bits per heavy atom. The first-order valence-corrected chi connectivity index (χ1v) is 8.62. The van der Waals surface area contributed by atoms with Gasteiger partial charge in [-0.3, -0.25) is 9.59 Å². The predicted molar refractivity (Wildman–Crippen MR) is 100 cm³/mol. The van der Waals surface area contributed by atoms with Crippen molar-refractivity contribution in [3.05, 3.63) is 54.1 Å². The first kappa shape index (κ1) is 21.3. The Kier molecular flexibility index (Phi) is 6.66. The SMILES string of the molecule is CC(Oc1ccccc1C(C)C)C(=O)Nc1cccc(NC(=O)C(F)(F)F)c1. The number of benzene rings is 2. The van der Waals surface area contributed by atoms with Gasteiger partial charge < -0.3 is 15.4 Å². The lowest BCUT2D eigenvalue weighted by molar-refractivity contribution is -0.167. The Morgan fingerprint density at radius 2 is 1.54 bits per heavy atom. The molecule has 2 aromatic rings. The minimum absolute atomic E-state index is 0.0844. The van der Waals surface area contributed by atoms with Crippen molar-refractivity contribution in [2.75, 3.05) is 10.6 Å². The number of alkyl halides is 3. The summed E-state index contributed by atoms with van der Waals surface area (Å²) in [6.45, 7) is 5.59. The highest BCUT2D eigenvalue weighted by molar-refractivity contribution is 5.97. The third kappa shape index (κ3) is 5.73. The van der Waals surface area contributed by atoms with Crippen molar-refractivity contribution in [3.8, 4) is 5.75 Å². The zero-order valence-corrected chi connectivity index (χ0v) is 15.6. The number of nitrogens with one attached hydrogen (secondary N) is 2. The van der Waals surface area contributed by atoms with Gasteiger partial charge >= 0.3 is 12.1 Å². The molecule has 5 nitrogen and oxygen atoms in total. The fourth-order valence-corrected chi connectivity index (χ4v) is 2.43. The molecule has 0 spiro atoms. The molecule has 28 heavy (non-hydrogen) atoms. The molecule has 0 saturated carbocycles. The molecule has 2 N–H and O–H groups in total. The molecule has 150 valence electrons. The predicted octanol–water partition coefficient (Wildman–Crippen LogP) is 4.72. The van der Waals surface area contributed by atoms with Crippen molar-refractivity contribution in [1.82, 2.24) is 0 Å². The lowest BCUT2D eigenvalue weighted by Gasteiger charge is -2.19. The average Bonchev–Trinajstić information content (AvgIpc) is 2.61. The highest BCUT2D eigenvalue weighted by Gasteiger charge is 2.38. The maximum absolute atomic E-state index is 12.4. The second-order valence-electron chi connectivity index (χ2n) is 6.47. The van der Waals surface area contributed by atoms with Gasteiger partial charge in [0.2, 0.25) is 0 Å². The molecule has 0 saturated heterocycles. The summed E-state index contributed by atoms with van der Waals surface area (Å²) in [7, 11) is 0. The van der Waals surface area contributed by atoms with E-state index in [2.05, 4.69) is 5.32 Å². The van der Waals surface area contributed by atoms with Gasteiger partial charge in [-0.25, -0.2) is 0 Å². The van der Waals surface area contributed by atoms with E-state index in [0.29, 0.717) is 5.75 Å². The molecular weight excluding hydrogens is 373 g/mol. The number of halogens is 3. The molecule has 0 radical (unpaired) electrons. The van der Waals surface area contributed by atoms with Crippen molar-refractivity contribution in [3.63, 3.8) is 0 Å². The number of amides is 2. The van der Waals surface area contributed by atoms with Crippen molar-refractivity contribution in [2.45, 2.75) is 39.0 Å². The van der Waals surface area contributed by atoms with Gasteiger partial charge in [-0.2, -0.15) is 13.2 Å². The van der Waals surface area contributed by atoms with Crippen LogP contribution in [0.4, 0.5) is 24.5 Å². The van der Waals surface area contributed by atoms with Crippen LogP contribution >= 0.6 is 0 Å². The summed E-state index contributed by atoms with van der Waals surface area (Å²) in [5, 5.41) is 4.30. The molecule has 0 aliphatic carbocycles. The minimum atomic E-state index is -4.99. The molecule has 2 rings (SSSR count). The van der Waals surface area contributed by atoms with Crippen molar-refractivity contribution in [2.24, 2.45) is 0 Å². The molecule has 0 fully saturated rings. The first-order valence-electron chi connectivity index (χ1n) is 8.62. The molecule has 0 aliphatic heterocycles. The number of carbonyl (C=O) groups excluding carboxylic acids is 2. The molecule has 1 unspecified atom stereocenters. The van der Waals surface area contributed by atoms with Gasteiger partial charge in [-0.15, -0.1) is 0 Å². The molecule has 2 amide bonds. The van der Waals surface area contributed by atoms with Crippen molar-refractivity contribution in [1.29, 1.82) is 0 Å². The van der Waals surface area contributed by atoms with E-state index in [9.17, 15) is 22.8 Å². The maximum Gasteiger partial charge on any atom is 0.471 e. The number of carbonyl (C=O) groups is 2. The summed E-state index contributed by atoms with van der Waals surface area (Å²) >= 11 is 0. The second-order valence-corrected chi connectivity index (χ2v) is 6.47. The van der Waals surface area contributed by atoms with Crippen LogP contribution in [0.5, 0.6) is 5.75 Å². The number of ether oxygens (including phenoxy) is 1. The van der Waals surface area contributed by atoms with Crippen LogP contribution in [0.15, 0.2) is 48.5 Å². The minimum Gasteiger partial charge on any atom is -0.481 e. The van der Waals surface area contributed by atoms with E-state index < -0.39 is 24.1 Å². The van der Waals surface area contributed by atoms with E-state index in [1.807, 2.05) is 26.0 Å². The highest BCUT2D eigenvalue weighted by atomic mass is 19.4. The second kappa shape index (κ2) is 8.77. The number of para-hydroxylation sites is 1. The van der Waals surface area contributed by atoms with E-state index in [1.54, 1.807) is 24.4 Å². The Balaban J connectivity index is 2.05. The van der Waals surface area contributed by atoms with Crippen LogP contribution < -0.4 is 15.4 Å². The largest absolute Gasteiger partial charge is 0.481 e. The zero-order valence-electron chi connectivity index (χ0n) is 15.6. The fraction of sp³-hybridized carbons (Fsp3) is 0.300. The van der Waals surface area contributed by atoms with Gasteiger partial charge in [0, 0.05) is 11.4 Å². The van der Waals surface area contributed by atoms with Gasteiger partial charge in [0.15, 0.2) is 6.10 Å². The van der Waals surface area contributed by atoms with Gasteiger partial charge in [-0.05, 0) is 42.7 Å². The van der Waals surface area contributed by atoms with E-state index >= 15 is 0 Å². The molecule has 0 aliphatic rings. The van der Waals surface area contributed by atoms with Crippen LogP contribution in [-0.2, 0) is 9.59 Å². The number of hydrogen-bond acceptors (Lipinski definition) is 3. The summed E-state index contributed by atoms with van der Waals surface area (Å²) in [6.07, 6.45) is -5.83. The lowest BCUT2D eigenvalue weighted by atomic mass is 10.0. The molecule has 2 aromatic carbocycles. The van der Waals surface area contributed by atoms with Gasteiger partial charge in [0.25, 0.3) is 5.91 Å². The van der Waals surface area contributed by atoms with E-state index in [1.165, 1.54) is 24.3 Å². The third-order valence-corrected chi connectivity index (χ3v) is 3.86. The molecule has 0 aromatic heterocycles. The van der Waals surface area contributed by atoms with Crippen molar-refractivity contribution >= 4 is 23.2 Å². The Hall–Kier alpha value is -3.03. The quantitative estimate of drug-likeness (QED) is 0.745. The molecule has 8 heteroatoms. The van der Waals surface area contributed by atoms with E-state index in [4.69, 9.17) is 4.74 Å². The Labute approximate surface area is 160 Å². The lowest BCUT2D eigenvalue weighted by Crippen LogP contribution is -2.31. The van der Waals surface area contributed by atoms with Gasteiger partial charge in [0.1, 0.15) is 5.75 Å². The van der Waals surface area contributed by atoms with Crippen molar-refractivity contribution < 1.29 is 27.5 Å². The summed E-state index contributed by atoms with van der Waals surface area (Å²) < 4.78 is 42.8. The molecule has 0 bridgehead atoms. The van der Waals surface area contributed by atoms with Crippen LogP contribution in [0.3, 0.4) is 0 Å². The van der Waals surface area contributed by atoms with Gasteiger partial charge in [0.05, 0.1) is 0 Å². The number of hydrogen-bond donors (Lipinski definition) is 2. The molecule has 1 atom stereocenters. The molecule has 0 heterocycles. The summed E-state index contributed by atoms with van der Waals surface area (Å²) in [4.78, 5) is 23.4. The maximum atomic E-state index is 12.4. The zero-order chi connectivity index (χ0) is 20.9. The smallest absolute Gasteiger partial charge is 0.471 e. The van der Waals surface area contributed by atoms with Crippen LogP contribution in [-0.4, -0.2) is 24.1 Å². The van der Waals surface area contributed by atoms with Crippen LogP contribution in [0.25, 0.3) is 0 Å². The summed E-state index contributed by atoms with van der Waals surface area (Å²) in [5.74, 6) is -1.76. The summed E-state index contributed by atoms with van der Waals surface area (Å²) in [5.41, 5.74) is 1.11. The van der Waals surface area contributed by atoms with Crippen LogP contribution in [0.2, 0.25) is 0 Å².